The molecular weight excluding hydrogens is 202 g/mol. The Balaban J connectivity index is 2.02. The maximum absolute atomic E-state index is 11.9. The molecular formula is C12H17N3O. The van der Waals surface area contributed by atoms with E-state index in [0.29, 0.717) is 5.92 Å². The zero-order valence-corrected chi connectivity index (χ0v) is 9.66. The average Bonchev–Trinajstić information content (AvgIpc) is 2.64. The van der Waals surface area contributed by atoms with Crippen LogP contribution in [0.5, 0.6) is 0 Å². The molecule has 1 aliphatic rings. The van der Waals surface area contributed by atoms with Gasteiger partial charge in [0.1, 0.15) is 0 Å². The van der Waals surface area contributed by atoms with Crippen LogP contribution < -0.4 is 10.6 Å². The van der Waals surface area contributed by atoms with Crippen LogP contribution in [0.1, 0.15) is 19.0 Å². The standard InChI is InChI=1S/C12H17N3O/c1-8-3-5-14-11(8)12(16)15-10-4-6-13-9(2)7-10/h4,6-8,11,14H,3,5H2,1-2H3,(H,13,15,16). The Kier molecular flexibility index (Phi) is 3.19. The van der Waals surface area contributed by atoms with E-state index >= 15 is 0 Å². The minimum absolute atomic E-state index is 0.0515. The van der Waals surface area contributed by atoms with Crippen molar-refractivity contribution in [1.29, 1.82) is 0 Å². The molecule has 2 rings (SSSR count). The molecule has 2 unspecified atom stereocenters. The van der Waals surface area contributed by atoms with E-state index in [1.807, 2.05) is 19.1 Å². The van der Waals surface area contributed by atoms with E-state index in [-0.39, 0.29) is 11.9 Å². The summed E-state index contributed by atoms with van der Waals surface area (Å²) in [5, 5.41) is 6.13. The second-order valence-corrected chi connectivity index (χ2v) is 4.37. The molecule has 4 heteroatoms. The van der Waals surface area contributed by atoms with Crippen LogP contribution in [0.15, 0.2) is 18.3 Å². The lowest BCUT2D eigenvalue weighted by atomic mass is 10.0. The number of carbonyl (C=O) groups is 1. The molecule has 1 aromatic heterocycles. The molecule has 0 spiro atoms. The predicted molar refractivity (Wildman–Crippen MR) is 63.2 cm³/mol. The average molecular weight is 219 g/mol. The molecule has 2 N–H and O–H groups in total. The van der Waals surface area contributed by atoms with Gasteiger partial charge in [-0.05, 0) is 37.9 Å². The number of carbonyl (C=O) groups excluding carboxylic acids is 1. The monoisotopic (exact) mass is 219 g/mol. The summed E-state index contributed by atoms with van der Waals surface area (Å²) in [5.74, 6) is 0.457. The molecule has 0 radical (unpaired) electrons. The van der Waals surface area contributed by atoms with Crippen LogP contribution in [0.3, 0.4) is 0 Å². The summed E-state index contributed by atoms with van der Waals surface area (Å²) in [6.45, 7) is 4.93. The van der Waals surface area contributed by atoms with E-state index in [0.717, 1.165) is 24.3 Å². The third-order valence-corrected chi connectivity index (χ3v) is 2.98. The molecule has 2 heterocycles. The SMILES string of the molecule is Cc1cc(NC(=O)C2NCCC2C)ccn1. The van der Waals surface area contributed by atoms with Gasteiger partial charge in [0.25, 0.3) is 0 Å². The van der Waals surface area contributed by atoms with Crippen LogP contribution in [0.25, 0.3) is 0 Å². The van der Waals surface area contributed by atoms with Gasteiger partial charge in [0.05, 0.1) is 6.04 Å². The van der Waals surface area contributed by atoms with Crippen molar-refractivity contribution in [2.24, 2.45) is 5.92 Å². The Morgan fingerprint density at radius 3 is 3.06 bits per heavy atom. The van der Waals surface area contributed by atoms with E-state index < -0.39 is 0 Å². The van der Waals surface area contributed by atoms with E-state index in [9.17, 15) is 4.79 Å². The first-order valence-electron chi connectivity index (χ1n) is 5.64. The molecule has 1 fully saturated rings. The number of anilines is 1. The number of nitrogens with zero attached hydrogens (tertiary/aromatic N) is 1. The molecule has 86 valence electrons. The molecule has 1 aromatic rings. The molecule has 1 saturated heterocycles. The van der Waals surface area contributed by atoms with Gasteiger partial charge in [-0.15, -0.1) is 0 Å². The largest absolute Gasteiger partial charge is 0.325 e. The molecule has 16 heavy (non-hydrogen) atoms. The first-order valence-corrected chi connectivity index (χ1v) is 5.64. The van der Waals surface area contributed by atoms with Gasteiger partial charge in [0.15, 0.2) is 0 Å². The zero-order valence-electron chi connectivity index (χ0n) is 9.66. The summed E-state index contributed by atoms with van der Waals surface area (Å²) < 4.78 is 0. The molecule has 1 aliphatic heterocycles. The molecule has 0 bridgehead atoms. The van der Waals surface area contributed by atoms with Crippen LogP contribution >= 0.6 is 0 Å². The summed E-state index contributed by atoms with van der Waals surface area (Å²) in [6, 6.07) is 3.62. The van der Waals surface area contributed by atoms with Crippen molar-refractivity contribution in [3.63, 3.8) is 0 Å². The third-order valence-electron chi connectivity index (χ3n) is 2.98. The van der Waals surface area contributed by atoms with Crippen LogP contribution in [-0.2, 0) is 4.79 Å². The maximum Gasteiger partial charge on any atom is 0.241 e. The lowest BCUT2D eigenvalue weighted by molar-refractivity contribution is -0.118. The van der Waals surface area contributed by atoms with Crippen molar-refractivity contribution in [2.75, 3.05) is 11.9 Å². The topological polar surface area (TPSA) is 54.0 Å². The van der Waals surface area contributed by atoms with Gasteiger partial charge in [-0.25, -0.2) is 0 Å². The van der Waals surface area contributed by atoms with Crippen LogP contribution in [0.2, 0.25) is 0 Å². The molecule has 0 saturated carbocycles. The predicted octanol–water partition coefficient (Wildman–Crippen LogP) is 1.33. The number of hydrogen-bond acceptors (Lipinski definition) is 3. The van der Waals surface area contributed by atoms with Gasteiger partial charge in [0, 0.05) is 17.6 Å². The molecule has 0 aromatic carbocycles. The molecule has 0 aliphatic carbocycles. The second kappa shape index (κ2) is 4.61. The smallest absolute Gasteiger partial charge is 0.241 e. The van der Waals surface area contributed by atoms with Crippen molar-refractivity contribution in [3.05, 3.63) is 24.0 Å². The van der Waals surface area contributed by atoms with Crippen LogP contribution in [-0.4, -0.2) is 23.5 Å². The minimum Gasteiger partial charge on any atom is -0.325 e. The van der Waals surface area contributed by atoms with E-state index in [2.05, 4.69) is 22.5 Å². The van der Waals surface area contributed by atoms with E-state index in [1.165, 1.54) is 0 Å². The molecule has 4 nitrogen and oxygen atoms in total. The number of amides is 1. The van der Waals surface area contributed by atoms with Gasteiger partial charge < -0.3 is 10.6 Å². The lowest BCUT2D eigenvalue weighted by Gasteiger charge is -2.15. The van der Waals surface area contributed by atoms with E-state index in [1.54, 1.807) is 6.20 Å². The van der Waals surface area contributed by atoms with Crippen LogP contribution in [0.4, 0.5) is 5.69 Å². The van der Waals surface area contributed by atoms with Gasteiger partial charge in [-0.3, -0.25) is 9.78 Å². The number of pyridine rings is 1. The fourth-order valence-electron chi connectivity index (χ4n) is 2.03. The maximum atomic E-state index is 11.9. The van der Waals surface area contributed by atoms with Crippen molar-refractivity contribution in [1.82, 2.24) is 10.3 Å². The normalized spacial score (nSPS) is 24.4. The Bertz CT molecular complexity index is 392. The molecule has 1 amide bonds. The van der Waals surface area contributed by atoms with E-state index in [4.69, 9.17) is 0 Å². The van der Waals surface area contributed by atoms with Gasteiger partial charge in [-0.1, -0.05) is 6.92 Å². The summed E-state index contributed by atoms with van der Waals surface area (Å²) in [5.41, 5.74) is 1.73. The fourth-order valence-corrected chi connectivity index (χ4v) is 2.03. The first kappa shape index (κ1) is 11.1. The summed E-state index contributed by atoms with van der Waals surface area (Å²) in [7, 11) is 0. The minimum atomic E-state index is -0.0616. The quantitative estimate of drug-likeness (QED) is 0.789. The van der Waals surface area contributed by atoms with Crippen molar-refractivity contribution in [2.45, 2.75) is 26.3 Å². The fraction of sp³-hybridized carbons (Fsp3) is 0.500. The second-order valence-electron chi connectivity index (χ2n) is 4.37. The Morgan fingerprint density at radius 1 is 1.62 bits per heavy atom. The van der Waals surface area contributed by atoms with Crippen molar-refractivity contribution < 1.29 is 4.79 Å². The Morgan fingerprint density at radius 2 is 2.44 bits per heavy atom. The van der Waals surface area contributed by atoms with Gasteiger partial charge in [-0.2, -0.15) is 0 Å². The number of hydrogen-bond donors (Lipinski definition) is 2. The number of aryl methyl sites for hydroxylation is 1. The summed E-state index contributed by atoms with van der Waals surface area (Å²) >= 11 is 0. The molecule has 2 atom stereocenters. The summed E-state index contributed by atoms with van der Waals surface area (Å²) in [4.78, 5) is 16.0. The van der Waals surface area contributed by atoms with Gasteiger partial charge in [0.2, 0.25) is 5.91 Å². The Hall–Kier alpha value is -1.42. The van der Waals surface area contributed by atoms with Crippen molar-refractivity contribution >= 4 is 11.6 Å². The highest BCUT2D eigenvalue weighted by molar-refractivity contribution is 5.95. The van der Waals surface area contributed by atoms with Crippen molar-refractivity contribution in [3.8, 4) is 0 Å². The van der Waals surface area contributed by atoms with Gasteiger partial charge >= 0.3 is 0 Å². The highest BCUT2D eigenvalue weighted by Gasteiger charge is 2.29. The Labute approximate surface area is 95.5 Å². The zero-order chi connectivity index (χ0) is 11.5. The highest BCUT2D eigenvalue weighted by Crippen LogP contribution is 2.16. The number of aromatic nitrogens is 1. The first-order chi connectivity index (χ1) is 7.66. The lowest BCUT2D eigenvalue weighted by Crippen LogP contribution is -2.39. The summed E-state index contributed by atoms with van der Waals surface area (Å²) in [6.07, 6.45) is 2.77. The number of nitrogens with one attached hydrogen (secondary N) is 2. The number of rotatable bonds is 2. The highest BCUT2D eigenvalue weighted by atomic mass is 16.2. The van der Waals surface area contributed by atoms with Crippen LogP contribution in [0, 0.1) is 12.8 Å². The third kappa shape index (κ3) is 2.39.